The molecule has 0 amide bonds. The molecule has 0 aromatic heterocycles. The maximum atomic E-state index is 14.0. The van der Waals surface area contributed by atoms with Gasteiger partial charge in [0.15, 0.2) is 5.82 Å². The van der Waals surface area contributed by atoms with Crippen LogP contribution in [-0.2, 0) is 0 Å². The van der Waals surface area contributed by atoms with Crippen LogP contribution in [0.2, 0.25) is 10.0 Å². The largest absolute Gasteiger partial charge is 0.397 e. The predicted molar refractivity (Wildman–Crippen MR) is 87.7 cm³/mol. The molecule has 0 unspecified atom stereocenters. The summed E-state index contributed by atoms with van der Waals surface area (Å²) in [5, 5.41) is 3.34. The molecule has 3 nitrogen and oxygen atoms in total. The fourth-order valence-electron chi connectivity index (χ4n) is 1.52. The average Bonchev–Trinajstić information content (AvgIpc) is 2.34. The molecular weight excluding hydrogens is 403 g/mol. The van der Waals surface area contributed by atoms with E-state index in [1.165, 1.54) is 6.07 Å². The van der Waals surface area contributed by atoms with Crippen LogP contribution in [0.3, 0.4) is 0 Å². The van der Waals surface area contributed by atoms with E-state index in [2.05, 4.69) is 27.9 Å². The molecule has 2 aromatic carbocycles. The predicted octanol–water partition coefficient (Wildman–Crippen LogP) is 4.65. The number of benzene rings is 2. The molecule has 0 radical (unpaired) electrons. The first-order valence-corrected chi connectivity index (χ1v) is 6.98. The van der Waals surface area contributed by atoms with Crippen molar-refractivity contribution in [3.8, 4) is 0 Å². The van der Waals surface area contributed by atoms with Gasteiger partial charge in [-0.3, -0.25) is 0 Å². The lowest BCUT2D eigenvalue weighted by molar-refractivity contribution is 0.633. The van der Waals surface area contributed by atoms with Crippen molar-refractivity contribution in [3.63, 3.8) is 0 Å². The number of hydrogen-bond donors (Lipinski definition) is 3. The summed E-state index contributed by atoms with van der Waals surface area (Å²) >= 11 is 13.7. The van der Waals surface area contributed by atoms with Crippen LogP contribution in [0.25, 0.3) is 0 Å². The first kappa shape index (κ1) is 14.5. The Kier molecular flexibility index (Phi) is 4.27. The Morgan fingerprint density at radius 3 is 2.42 bits per heavy atom. The lowest BCUT2D eigenvalue weighted by Gasteiger charge is -2.14. The zero-order valence-corrected chi connectivity index (χ0v) is 13.1. The highest BCUT2D eigenvalue weighted by molar-refractivity contribution is 14.1. The van der Waals surface area contributed by atoms with Crippen molar-refractivity contribution in [2.24, 2.45) is 0 Å². The topological polar surface area (TPSA) is 64.1 Å². The van der Waals surface area contributed by atoms with E-state index < -0.39 is 5.82 Å². The fourth-order valence-corrected chi connectivity index (χ4v) is 2.67. The number of hydrogen-bond acceptors (Lipinski definition) is 3. The second-order valence-electron chi connectivity index (χ2n) is 3.81. The summed E-state index contributed by atoms with van der Waals surface area (Å²) in [6, 6.07) is 6.58. The Morgan fingerprint density at radius 1 is 1.11 bits per heavy atom. The molecule has 5 N–H and O–H groups in total. The molecule has 7 heteroatoms. The number of nitrogens with two attached hydrogens (primary N) is 2. The van der Waals surface area contributed by atoms with Crippen molar-refractivity contribution in [3.05, 3.63) is 43.7 Å². The number of nitrogens with one attached hydrogen (secondary N) is 1. The molecule has 0 fully saturated rings. The maximum Gasteiger partial charge on any atom is 0.169 e. The third kappa shape index (κ3) is 2.98. The summed E-state index contributed by atoms with van der Waals surface area (Å²) < 4.78 is 14.9. The Bertz CT molecular complexity index is 649. The highest BCUT2D eigenvalue weighted by atomic mass is 127. The zero-order chi connectivity index (χ0) is 14.2. The van der Waals surface area contributed by atoms with E-state index in [-0.39, 0.29) is 22.1 Å². The van der Waals surface area contributed by atoms with E-state index in [9.17, 15) is 4.39 Å². The number of nitrogen functional groups attached to an aromatic ring is 2. The summed E-state index contributed by atoms with van der Waals surface area (Å²) in [6.07, 6.45) is 0. The van der Waals surface area contributed by atoms with Gasteiger partial charge in [-0.2, -0.15) is 0 Å². The van der Waals surface area contributed by atoms with Crippen LogP contribution in [0.15, 0.2) is 24.3 Å². The molecule has 2 aromatic rings. The maximum absolute atomic E-state index is 14.0. The van der Waals surface area contributed by atoms with Crippen molar-refractivity contribution in [1.82, 2.24) is 0 Å². The lowest BCUT2D eigenvalue weighted by atomic mass is 10.2. The van der Waals surface area contributed by atoms with Crippen LogP contribution in [0, 0.1) is 9.39 Å². The molecule has 0 saturated heterocycles. The Balaban J connectivity index is 2.47. The van der Waals surface area contributed by atoms with Gasteiger partial charge in [0.25, 0.3) is 0 Å². The van der Waals surface area contributed by atoms with Crippen LogP contribution < -0.4 is 16.8 Å². The minimum absolute atomic E-state index is 0.0967. The first-order valence-electron chi connectivity index (χ1n) is 5.15. The first-order chi connectivity index (χ1) is 8.90. The molecular formula is C12H9Cl2FIN3. The molecule has 0 heterocycles. The van der Waals surface area contributed by atoms with E-state index in [0.717, 1.165) is 3.57 Å². The van der Waals surface area contributed by atoms with Gasteiger partial charge < -0.3 is 16.8 Å². The van der Waals surface area contributed by atoms with Crippen molar-refractivity contribution in [2.75, 3.05) is 16.8 Å². The van der Waals surface area contributed by atoms with E-state index in [4.69, 9.17) is 34.7 Å². The third-order valence-electron chi connectivity index (χ3n) is 2.46. The molecule has 0 aliphatic rings. The monoisotopic (exact) mass is 411 g/mol. The minimum Gasteiger partial charge on any atom is -0.397 e. The number of halogens is 4. The van der Waals surface area contributed by atoms with Gasteiger partial charge in [-0.05, 0) is 46.9 Å². The standard InChI is InChI=1S/C12H9Cl2FIN3/c13-5-1-2-9(6(16)3-5)19-12-8(18)4-7(17)10(14)11(12)15/h1-4,19H,17-18H2. The zero-order valence-electron chi connectivity index (χ0n) is 9.48. The molecule has 0 aliphatic carbocycles. The van der Waals surface area contributed by atoms with E-state index in [1.807, 2.05) is 0 Å². The van der Waals surface area contributed by atoms with E-state index in [1.54, 1.807) is 18.2 Å². The van der Waals surface area contributed by atoms with Gasteiger partial charge in [0.1, 0.15) is 5.02 Å². The molecule has 0 saturated carbocycles. The van der Waals surface area contributed by atoms with Crippen LogP contribution in [0.5, 0.6) is 0 Å². The Hall–Kier alpha value is -0.920. The number of anilines is 4. The fraction of sp³-hybridized carbons (Fsp3) is 0. The Labute approximate surface area is 133 Å². The van der Waals surface area contributed by atoms with Gasteiger partial charge in [-0.1, -0.05) is 23.2 Å². The minimum atomic E-state index is -0.676. The normalized spacial score (nSPS) is 10.5. The lowest BCUT2D eigenvalue weighted by Crippen LogP contribution is -2.03. The summed E-state index contributed by atoms with van der Waals surface area (Å²) in [6.45, 7) is 0. The second kappa shape index (κ2) is 5.60. The molecule has 2 rings (SSSR count). The van der Waals surface area contributed by atoms with Crippen molar-refractivity contribution < 1.29 is 4.39 Å². The van der Waals surface area contributed by atoms with Crippen LogP contribution in [0.1, 0.15) is 0 Å². The van der Waals surface area contributed by atoms with Crippen molar-refractivity contribution in [2.45, 2.75) is 0 Å². The van der Waals surface area contributed by atoms with E-state index >= 15 is 0 Å². The van der Waals surface area contributed by atoms with Gasteiger partial charge in [-0.15, -0.1) is 0 Å². The SMILES string of the molecule is Nc1cc(N)c(Nc2ccc(Cl)cc2I)c(F)c1Cl. The van der Waals surface area contributed by atoms with Crippen molar-refractivity contribution >= 4 is 68.5 Å². The molecule has 0 bridgehead atoms. The highest BCUT2D eigenvalue weighted by Gasteiger charge is 2.15. The van der Waals surface area contributed by atoms with Gasteiger partial charge in [0.2, 0.25) is 0 Å². The summed E-state index contributed by atoms with van der Waals surface area (Å²) in [4.78, 5) is 0. The van der Waals surface area contributed by atoms with Crippen LogP contribution in [0.4, 0.5) is 27.1 Å². The van der Waals surface area contributed by atoms with Gasteiger partial charge >= 0.3 is 0 Å². The van der Waals surface area contributed by atoms with E-state index in [0.29, 0.717) is 10.7 Å². The van der Waals surface area contributed by atoms with Gasteiger partial charge in [0.05, 0.1) is 22.7 Å². The molecule has 19 heavy (non-hydrogen) atoms. The smallest absolute Gasteiger partial charge is 0.169 e. The summed E-state index contributed by atoms with van der Waals surface area (Å²) in [5.74, 6) is -0.676. The number of rotatable bonds is 2. The third-order valence-corrected chi connectivity index (χ3v) is 3.97. The van der Waals surface area contributed by atoms with Crippen LogP contribution >= 0.6 is 45.8 Å². The summed E-state index contributed by atoms with van der Waals surface area (Å²) in [7, 11) is 0. The van der Waals surface area contributed by atoms with Gasteiger partial charge in [-0.25, -0.2) is 4.39 Å². The molecule has 0 atom stereocenters. The average molecular weight is 412 g/mol. The summed E-state index contributed by atoms with van der Waals surface area (Å²) in [5.41, 5.74) is 12.3. The molecule has 0 spiro atoms. The van der Waals surface area contributed by atoms with Gasteiger partial charge in [0, 0.05) is 8.59 Å². The molecule has 0 aliphatic heterocycles. The van der Waals surface area contributed by atoms with Crippen molar-refractivity contribution in [1.29, 1.82) is 0 Å². The Morgan fingerprint density at radius 2 is 1.79 bits per heavy atom. The highest BCUT2D eigenvalue weighted by Crippen LogP contribution is 2.36. The quantitative estimate of drug-likeness (QED) is 0.498. The van der Waals surface area contributed by atoms with Crippen LogP contribution in [-0.4, -0.2) is 0 Å². The molecule has 100 valence electrons. The second-order valence-corrected chi connectivity index (χ2v) is 5.78.